The molecular weight excluding hydrogens is 166 g/mol. The zero-order chi connectivity index (χ0) is 10.1. The second-order valence-electron chi connectivity index (χ2n) is 2.74. The van der Waals surface area contributed by atoms with Gasteiger partial charge >= 0.3 is 6.20 Å². The summed E-state index contributed by atoms with van der Waals surface area (Å²) in [5.41, 5.74) is 0. The first-order valence-electron chi connectivity index (χ1n) is 4.31. The molecular formula is C9H16N3O+. The molecule has 0 radical (unpaired) electrons. The summed E-state index contributed by atoms with van der Waals surface area (Å²) in [6.07, 6.45) is 7.18. The van der Waals surface area contributed by atoms with Crippen LogP contribution in [0, 0.1) is 5.39 Å². The van der Waals surface area contributed by atoms with Crippen molar-refractivity contribution in [2.45, 2.75) is 19.8 Å². The van der Waals surface area contributed by atoms with Gasteiger partial charge in [-0.3, -0.25) is 0 Å². The molecule has 0 fully saturated rings. The molecule has 0 amide bonds. The summed E-state index contributed by atoms with van der Waals surface area (Å²) in [5, 5.41) is 17.3. The van der Waals surface area contributed by atoms with Crippen molar-refractivity contribution in [1.82, 2.24) is 4.90 Å². The van der Waals surface area contributed by atoms with Crippen molar-refractivity contribution in [3.05, 3.63) is 29.2 Å². The summed E-state index contributed by atoms with van der Waals surface area (Å²) in [7, 11) is 1.72. The first-order valence-corrected chi connectivity index (χ1v) is 4.31. The van der Waals surface area contributed by atoms with Crippen LogP contribution >= 0.6 is 0 Å². The third-order valence-electron chi connectivity index (χ3n) is 1.57. The Labute approximate surface area is 78.8 Å². The highest BCUT2D eigenvalue weighted by atomic mass is 16.3. The van der Waals surface area contributed by atoms with E-state index in [0.29, 0.717) is 6.54 Å². The number of hydrogen-bond donors (Lipinski definition) is 1. The number of diazo groups is 1. The Morgan fingerprint density at radius 3 is 2.77 bits per heavy atom. The maximum absolute atomic E-state index is 9.17. The number of unbranched alkanes of at least 4 members (excludes halogenated alkanes) is 1. The Balaban J connectivity index is 3.81. The predicted octanol–water partition coefficient (Wildman–Crippen LogP) is 2.48. The molecule has 0 aromatic rings. The first-order chi connectivity index (χ1) is 6.22. The molecule has 4 heteroatoms. The minimum absolute atomic E-state index is 0.0522. The molecule has 1 N–H and O–H groups in total. The molecule has 0 aliphatic carbocycles. The van der Waals surface area contributed by atoms with Crippen LogP contribution in [0.4, 0.5) is 0 Å². The summed E-state index contributed by atoms with van der Waals surface area (Å²) < 4.78 is 0. The van der Waals surface area contributed by atoms with Gasteiger partial charge in [0, 0.05) is 13.6 Å². The largest absolute Gasteiger partial charge is 0.489 e. The number of allylic oxidation sites excluding steroid dienone is 1. The number of rotatable bonds is 5. The van der Waals surface area contributed by atoms with Crippen LogP contribution in [-0.4, -0.2) is 23.6 Å². The molecule has 0 aromatic heterocycles. The van der Waals surface area contributed by atoms with Crippen LogP contribution in [0.3, 0.4) is 0 Å². The Morgan fingerprint density at radius 1 is 1.54 bits per heavy atom. The van der Waals surface area contributed by atoms with Crippen LogP contribution in [0.1, 0.15) is 19.8 Å². The quantitative estimate of drug-likeness (QED) is 0.403. The number of hydrogen-bond acceptors (Lipinski definition) is 3. The minimum Gasteiger partial charge on any atom is -0.489 e. The molecule has 72 valence electrons. The fourth-order valence-corrected chi connectivity index (χ4v) is 0.761. The van der Waals surface area contributed by atoms with Gasteiger partial charge in [0.1, 0.15) is 0 Å². The van der Waals surface area contributed by atoms with E-state index >= 15 is 0 Å². The van der Waals surface area contributed by atoms with E-state index in [9.17, 15) is 5.11 Å². The lowest BCUT2D eigenvalue weighted by atomic mass is 10.3. The lowest BCUT2D eigenvalue weighted by Crippen LogP contribution is -2.16. The zero-order valence-electron chi connectivity index (χ0n) is 8.14. The van der Waals surface area contributed by atoms with E-state index in [2.05, 4.69) is 18.0 Å². The van der Waals surface area contributed by atoms with Gasteiger partial charge in [-0.25, -0.2) is 0 Å². The summed E-state index contributed by atoms with van der Waals surface area (Å²) in [6.45, 7) is 2.72. The highest BCUT2D eigenvalue weighted by molar-refractivity contribution is 4.97. The van der Waals surface area contributed by atoms with Gasteiger partial charge in [-0.05, 0) is 6.42 Å². The van der Waals surface area contributed by atoms with E-state index < -0.39 is 0 Å². The molecule has 0 heterocycles. The number of nitrogens with zero attached hydrogens (tertiary/aromatic N) is 3. The highest BCUT2D eigenvalue weighted by Crippen LogP contribution is 1.97. The van der Waals surface area contributed by atoms with Gasteiger partial charge in [0.2, 0.25) is 5.39 Å². The fourth-order valence-electron chi connectivity index (χ4n) is 0.761. The Kier molecular flexibility index (Phi) is 6.34. The average Bonchev–Trinajstić information content (AvgIpc) is 2.12. The standard InChI is InChI=1S/C9H15N3O/c1-3-4-5-6-7-12(2)9(13)8-11-10/h5-6,8H,3-4,7H2,1-2H3/p+1/b6-5+,9-8-. The van der Waals surface area contributed by atoms with Crippen LogP contribution < -0.4 is 0 Å². The lowest BCUT2D eigenvalue weighted by Gasteiger charge is -2.11. The van der Waals surface area contributed by atoms with Crippen molar-refractivity contribution in [2.24, 2.45) is 0 Å². The summed E-state index contributed by atoms with van der Waals surface area (Å²) in [5.74, 6) is -0.0522. The number of aliphatic hydroxyl groups excluding tert-OH is 1. The molecule has 4 nitrogen and oxygen atoms in total. The topological polar surface area (TPSA) is 51.6 Å². The van der Waals surface area contributed by atoms with Gasteiger partial charge in [0.15, 0.2) is 4.98 Å². The van der Waals surface area contributed by atoms with E-state index in [4.69, 9.17) is 5.39 Å². The Morgan fingerprint density at radius 2 is 2.23 bits per heavy atom. The highest BCUT2D eigenvalue weighted by Gasteiger charge is 2.03. The van der Waals surface area contributed by atoms with E-state index in [0.717, 1.165) is 19.0 Å². The van der Waals surface area contributed by atoms with Crippen molar-refractivity contribution in [3.8, 4) is 0 Å². The number of aliphatic hydroxyl groups is 1. The van der Waals surface area contributed by atoms with Crippen LogP contribution in [-0.2, 0) is 0 Å². The second-order valence-corrected chi connectivity index (χ2v) is 2.74. The first kappa shape index (κ1) is 11.5. The van der Waals surface area contributed by atoms with Crippen molar-refractivity contribution in [3.63, 3.8) is 0 Å². The lowest BCUT2D eigenvalue weighted by molar-refractivity contribution is 0.248. The summed E-state index contributed by atoms with van der Waals surface area (Å²) >= 11 is 0. The monoisotopic (exact) mass is 182 g/mol. The van der Waals surface area contributed by atoms with Crippen molar-refractivity contribution in [1.29, 1.82) is 5.39 Å². The van der Waals surface area contributed by atoms with Gasteiger partial charge in [-0.1, -0.05) is 25.5 Å². The van der Waals surface area contributed by atoms with E-state index in [-0.39, 0.29) is 5.88 Å². The molecule has 0 rings (SSSR count). The predicted molar refractivity (Wildman–Crippen MR) is 52.5 cm³/mol. The molecule has 0 aliphatic heterocycles. The van der Waals surface area contributed by atoms with Gasteiger partial charge < -0.3 is 10.0 Å². The second kappa shape index (κ2) is 7.17. The van der Waals surface area contributed by atoms with Gasteiger partial charge in [-0.2, -0.15) is 0 Å². The Bertz CT molecular complexity index is 228. The zero-order valence-corrected chi connectivity index (χ0v) is 8.14. The molecule has 13 heavy (non-hydrogen) atoms. The van der Waals surface area contributed by atoms with Gasteiger partial charge in [0.05, 0.1) is 0 Å². The average molecular weight is 182 g/mol. The van der Waals surface area contributed by atoms with Crippen molar-refractivity contribution in [2.75, 3.05) is 13.6 Å². The van der Waals surface area contributed by atoms with E-state index in [1.807, 2.05) is 6.08 Å². The molecule has 0 unspecified atom stereocenters. The third kappa shape index (κ3) is 5.74. The molecule has 0 atom stereocenters. The molecule has 0 saturated carbocycles. The van der Waals surface area contributed by atoms with Gasteiger partial charge in [0.25, 0.3) is 5.88 Å². The van der Waals surface area contributed by atoms with Crippen LogP contribution in [0.5, 0.6) is 0 Å². The molecule has 0 aromatic carbocycles. The van der Waals surface area contributed by atoms with Gasteiger partial charge in [-0.15, -0.1) is 0 Å². The van der Waals surface area contributed by atoms with Crippen LogP contribution in [0.25, 0.3) is 4.98 Å². The number of likely N-dealkylation sites (N-methyl/N-ethyl adjacent to an activating group) is 1. The molecule has 0 aliphatic rings. The Hall–Kier alpha value is -1.50. The summed E-state index contributed by atoms with van der Waals surface area (Å²) in [6, 6.07) is 0. The van der Waals surface area contributed by atoms with Crippen molar-refractivity contribution < 1.29 is 5.11 Å². The summed E-state index contributed by atoms with van der Waals surface area (Å²) in [4.78, 5) is 4.30. The maximum atomic E-state index is 9.17. The maximum Gasteiger partial charge on any atom is 0.409 e. The van der Waals surface area contributed by atoms with Crippen molar-refractivity contribution >= 4 is 0 Å². The smallest absolute Gasteiger partial charge is 0.409 e. The normalized spacial score (nSPS) is 11.6. The van der Waals surface area contributed by atoms with E-state index in [1.54, 1.807) is 11.9 Å². The van der Waals surface area contributed by atoms with Crippen LogP contribution in [0.2, 0.25) is 0 Å². The third-order valence-corrected chi connectivity index (χ3v) is 1.57. The molecule has 0 bridgehead atoms. The SMILES string of the molecule is CCC/C=C/CN(C)/C(O)=C/[N+]#N. The fraction of sp³-hybridized carbons (Fsp3) is 0.556. The van der Waals surface area contributed by atoms with Crippen LogP contribution in [0.15, 0.2) is 24.2 Å². The van der Waals surface area contributed by atoms with E-state index in [1.165, 1.54) is 0 Å². The molecule has 0 spiro atoms. The minimum atomic E-state index is -0.0522. The molecule has 0 saturated heterocycles.